The number of alkyl halides is 3. The number of hydrogen-bond acceptors (Lipinski definition) is 2. The summed E-state index contributed by atoms with van der Waals surface area (Å²) in [5, 5.41) is -0.414. The number of anilines is 1. The third-order valence-corrected chi connectivity index (χ3v) is 2.16. The molecule has 0 radical (unpaired) electrons. The van der Waals surface area contributed by atoms with Gasteiger partial charge in [-0.2, -0.15) is 13.2 Å². The Balaban J connectivity index is 3.43. The number of rotatable bonds is 0. The van der Waals surface area contributed by atoms with Crippen LogP contribution in [0.3, 0.4) is 0 Å². The third kappa shape index (κ3) is 2.03. The Hall–Kier alpha value is -0.550. The standard InChI is InChI=1S/C7H5ClF3NS/c8-3-1-2-4(13)6(12)5(3)7(9,10)11/h1-2,13H,12H2. The van der Waals surface area contributed by atoms with E-state index in [1.807, 2.05) is 0 Å². The molecular formula is C7H5ClF3NS. The fraction of sp³-hybridized carbons (Fsp3) is 0.143. The first-order chi connectivity index (χ1) is 5.84. The molecular weight excluding hydrogens is 223 g/mol. The number of thiol groups is 1. The lowest BCUT2D eigenvalue weighted by Gasteiger charge is -2.12. The van der Waals surface area contributed by atoms with E-state index in [4.69, 9.17) is 17.3 Å². The van der Waals surface area contributed by atoms with Gasteiger partial charge in [0.25, 0.3) is 0 Å². The van der Waals surface area contributed by atoms with Gasteiger partial charge >= 0.3 is 6.18 Å². The van der Waals surface area contributed by atoms with E-state index in [0.717, 1.165) is 6.07 Å². The minimum atomic E-state index is -4.54. The zero-order chi connectivity index (χ0) is 10.2. The monoisotopic (exact) mass is 227 g/mol. The highest BCUT2D eigenvalue weighted by molar-refractivity contribution is 7.80. The molecule has 1 nitrogen and oxygen atoms in total. The Morgan fingerprint density at radius 2 is 1.85 bits per heavy atom. The summed E-state index contributed by atoms with van der Waals surface area (Å²) in [5.74, 6) is 0. The van der Waals surface area contributed by atoms with Crippen LogP contribution in [-0.4, -0.2) is 0 Å². The highest BCUT2D eigenvalue weighted by Crippen LogP contribution is 2.40. The van der Waals surface area contributed by atoms with Crippen LogP contribution in [0, 0.1) is 0 Å². The van der Waals surface area contributed by atoms with Crippen molar-refractivity contribution in [3.63, 3.8) is 0 Å². The maximum absolute atomic E-state index is 12.3. The predicted molar refractivity (Wildman–Crippen MR) is 48.1 cm³/mol. The van der Waals surface area contributed by atoms with E-state index < -0.39 is 22.4 Å². The van der Waals surface area contributed by atoms with Crippen LogP contribution < -0.4 is 5.73 Å². The van der Waals surface area contributed by atoms with Gasteiger partial charge in [0.1, 0.15) is 0 Å². The van der Waals surface area contributed by atoms with Crippen molar-refractivity contribution in [2.45, 2.75) is 11.1 Å². The Bertz CT molecular complexity index is 337. The number of nitrogens with two attached hydrogens (primary N) is 1. The van der Waals surface area contributed by atoms with Crippen molar-refractivity contribution in [3.8, 4) is 0 Å². The molecule has 0 spiro atoms. The van der Waals surface area contributed by atoms with Crippen LogP contribution in [0.4, 0.5) is 18.9 Å². The molecule has 2 N–H and O–H groups in total. The average molecular weight is 228 g/mol. The van der Waals surface area contributed by atoms with Crippen molar-refractivity contribution in [1.82, 2.24) is 0 Å². The van der Waals surface area contributed by atoms with Gasteiger partial charge < -0.3 is 5.73 Å². The summed E-state index contributed by atoms with van der Waals surface area (Å²) in [4.78, 5) is 0.0664. The van der Waals surface area contributed by atoms with E-state index in [9.17, 15) is 13.2 Å². The molecule has 0 aromatic heterocycles. The second kappa shape index (κ2) is 3.31. The van der Waals surface area contributed by atoms with E-state index in [1.54, 1.807) is 0 Å². The SMILES string of the molecule is Nc1c(S)ccc(Cl)c1C(F)(F)F. The number of halogens is 4. The number of benzene rings is 1. The molecule has 0 unspecified atom stereocenters. The number of nitrogen functional groups attached to an aromatic ring is 1. The van der Waals surface area contributed by atoms with Gasteiger partial charge in [0.15, 0.2) is 0 Å². The Morgan fingerprint density at radius 1 is 1.31 bits per heavy atom. The van der Waals surface area contributed by atoms with Crippen LogP contribution in [0.25, 0.3) is 0 Å². The molecule has 0 saturated heterocycles. The second-order valence-electron chi connectivity index (χ2n) is 2.35. The maximum Gasteiger partial charge on any atom is 0.419 e. The molecule has 1 aromatic carbocycles. The lowest BCUT2D eigenvalue weighted by Crippen LogP contribution is -2.10. The molecule has 0 aliphatic carbocycles. The molecule has 0 amide bonds. The fourth-order valence-corrected chi connectivity index (χ4v) is 1.33. The van der Waals surface area contributed by atoms with Crippen molar-refractivity contribution >= 4 is 29.9 Å². The first-order valence-corrected chi connectivity index (χ1v) is 4.00. The van der Waals surface area contributed by atoms with E-state index in [-0.39, 0.29) is 4.90 Å². The van der Waals surface area contributed by atoms with Gasteiger partial charge in [-0.25, -0.2) is 0 Å². The topological polar surface area (TPSA) is 26.0 Å². The van der Waals surface area contributed by atoms with Gasteiger partial charge in [-0.15, -0.1) is 12.6 Å². The molecule has 0 atom stereocenters. The summed E-state index contributed by atoms with van der Waals surface area (Å²) in [7, 11) is 0. The van der Waals surface area contributed by atoms with Crippen molar-refractivity contribution in [2.24, 2.45) is 0 Å². The average Bonchev–Trinajstić information content (AvgIpc) is 1.95. The van der Waals surface area contributed by atoms with Crippen LogP contribution in [0.5, 0.6) is 0 Å². The number of hydrogen-bond donors (Lipinski definition) is 2. The summed E-state index contributed by atoms with van der Waals surface area (Å²) in [5.41, 5.74) is 3.72. The molecule has 0 saturated carbocycles. The molecule has 1 aromatic rings. The van der Waals surface area contributed by atoms with E-state index in [0.29, 0.717) is 0 Å². The summed E-state index contributed by atoms with van der Waals surface area (Å²) < 4.78 is 36.9. The normalized spacial score (nSPS) is 11.8. The summed E-state index contributed by atoms with van der Waals surface area (Å²) >= 11 is 9.12. The molecule has 0 aliphatic rings. The quantitative estimate of drug-likeness (QED) is 0.517. The Kier molecular flexibility index (Phi) is 2.68. The zero-order valence-corrected chi connectivity index (χ0v) is 7.84. The van der Waals surface area contributed by atoms with Crippen molar-refractivity contribution in [2.75, 3.05) is 5.73 Å². The molecule has 0 aliphatic heterocycles. The first-order valence-electron chi connectivity index (χ1n) is 3.18. The molecule has 6 heteroatoms. The van der Waals surface area contributed by atoms with Crippen LogP contribution in [0.1, 0.15) is 5.56 Å². The van der Waals surface area contributed by atoms with Gasteiger partial charge in [0.05, 0.1) is 16.3 Å². The summed E-state index contributed by atoms with van der Waals surface area (Å²) in [6.07, 6.45) is -4.54. The molecule has 13 heavy (non-hydrogen) atoms. The molecule has 1 rings (SSSR count). The van der Waals surface area contributed by atoms with Gasteiger partial charge in [0, 0.05) is 4.90 Å². The highest BCUT2D eigenvalue weighted by Gasteiger charge is 2.36. The van der Waals surface area contributed by atoms with Gasteiger partial charge in [-0.1, -0.05) is 11.6 Å². The molecule has 0 heterocycles. The first kappa shape index (κ1) is 10.5. The van der Waals surface area contributed by atoms with Crippen LogP contribution >= 0.6 is 24.2 Å². The van der Waals surface area contributed by atoms with Crippen molar-refractivity contribution in [1.29, 1.82) is 0 Å². The summed E-state index contributed by atoms with van der Waals surface area (Å²) in [6.45, 7) is 0. The van der Waals surface area contributed by atoms with Gasteiger partial charge in [0.2, 0.25) is 0 Å². The largest absolute Gasteiger partial charge is 0.419 e. The predicted octanol–water partition coefficient (Wildman–Crippen LogP) is 3.23. The minimum absolute atomic E-state index is 0.0664. The second-order valence-corrected chi connectivity index (χ2v) is 3.24. The van der Waals surface area contributed by atoms with Gasteiger partial charge in [-0.3, -0.25) is 0 Å². The van der Waals surface area contributed by atoms with Crippen LogP contribution in [-0.2, 0) is 6.18 Å². The van der Waals surface area contributed by atoms with Crippen LogP contribution in [0.15, 0.2) is 17.0 Å². The Morgan fingerprint density at radius 3 is 2.23 bits per heavy atom. The van der Waals surface area contributed by atoms with Crippen LogP contribution in [0.2, 0.25) is 5.02 Å². The van der Waals surface area contributed by atoms with E-state index in [1.165, 1.54) is 6.07 Å². The van der Waals surface area contributed by atoms with Gasteiger partial charge in [-0.05, 0) is 12.1 Å². The lowest BCUT2D eigenvalue weighted by atomic mass is 10.2. The smallest absolute Gasteiger partial charge is 0.397 e. The molecule has 72 valence electrons. The minimum Gasteiger partial charge on any atom is -0.397 e. The third-order valence-electron chi connectivity index (χ3n) is 1.46. The van der Waals surface area contributed by atoms with Crippen molar-refractivity contribution in [3.05, 3.63) is 22.7 Å². The Labute approximate surface area is 83.1 Å². The maximum atomic E-state index is 12.3. The summed E-state index contributed by atoms with van der Waals surface area (Å²) in [6, 6.07) is 2.43. The van der Waals surface area contributed by atoms with E-state index >= 15 is 0 Å². The molecule has 0 bridgehead atoms. The highest BCUT2D eigenvalue weighted by atomic mass is 35.5. The molecule has 0 fully saturated rings. The zero-order valence-electron chi connectivity index (χ0n) is 6.19. The fourth-order valence-electron chi connectivity index (χ4n) is 0.870. The van der Waals surface area contributed by atoms with Crippen molar-refractivity contribution < 1.29 is 13.2 Å². The van der Waals surface area contributed by atoms with E-state index in [2.05, 4.69) is 12.6 Å². The lowest BCUT2D eigenvalue weighted by molar-refractivity contribution is -0.136.